The number of hydrogen-bond acceptors (Lipinski definition) is 5. The van der Waals surface area contributed by atoms with Gasteiger partial charge in [0.15, 0.2) is 23.7 Å². The van der Waals surface area contributed by atoms with Crippen LogP contribution in [-0.2, 0) is 0 Å². The lowest BCUT2D eigenvalue weighted by atomic mass is 10.3. The molecule has 6 nitrogen and oxygen atoms in total. The van der Waals surface area contributed by atoms with E-state index in [0.29, 0.717) is 11.8 Å². The molecule has 1 heterocycles. The summed E-state index contributed by atoms with van der Waals surface area (Å²) >= 11 is 0. The number of pyridine rings is 1. The number of carbonyl (C=O) groups is 1. The maximum atomic E-state index is 10.3. The van der Waals surface area contributed by atoms with E-state index in [2.05, 4.69) is 9.98 Å². The van der Waals surface area contributed by atoms with Crippen LogP contribution < -0.4 is 5.73 Å². The molecule has 15 heavy (non-hydrogen) atoms. The summed E-state index contributed by atoms with van der Waals surface area (Å²) in [5.41, 5.74) is 5.32. The van der Waals surface area contributed by atoms with Crippen molar-refractivity contribution in [1.82, 2.24) is 4.98 Å². The van der Waals surface area contributed by atoms with Crippen molar-refractivity contribution in [3.8, 4) is 6.07 Å². The van der Waals surface area contributed by atoms with Gasteiger partial charge in [-0.05, 0) is 12.1 Å². The SMILES string of the molecule is N#CC(=N)C(N)=Nc1ccc(C=O)cn1. The Balaban J connectivity index is 2.95. The molecule has 0 aromatic carbocycles. The van der Waals surface area contributed by atoms with Crippen LogP contribution in [0.2, 0.25) is 0 Å². The molecule has 3 N–H and O–H groups in total. The highest BCUT2D eigenvalue weighted by Gasteiger charge is 2.01. The highest BCUT2D eigenvalue weighted by atomic mass is 16.1. The van der Waals surface area contributed by atoms with Gasteiger partial charge in [0.25, 0.3) is 0 Å². The van der Waals surface area contributed by atoms with Gasteiger partial charge < -0.3 is 5.73 Å². The Morgan fingerprint density at radius 2 is 2.40 bits per heavy atom. The Hall–Kier alpha value is -2.55. The minimum Gasteiger partial charge on any atom is -0.381 e. The second-order valence-corrected chi connectivity index (χ2v) is 2.55. The number of nitrogens with one attached hydrogen (secondary N) is 1. The molecule has 0 aliphatic heterocycles. The van der Waals surface area contributed by atoms with Gasteiger partial charge >= 0.3 is 0 Å². The molecule has 74 valence electrons. The van der Waals surface area contributed by atoms with Gasteiger partial charge in [0.05, 0.1) is 0 Å². The Kier molecular flexibility index (Phi) is 3.24. The normalized spacial score (nSPS) is 10.5. The van der Waals surface area contributed by atoms with Gasteiger partial charge in [0.1, 0.15) is 6.07 Å². The Morgan fingerprint density at radius 1 is 1.67 bits per heavy atom. The van der Waals surface area contributed by atoms with Gasteiger partial charge in [0.2, 0.25) is 0 Å². The van der Waals surface area contributed by atoms with E-state index in [-0.39, 0.29) is 11.7 Å². The number of aldehydes is 1. The lowest BCUT2D eigenvalue weighted by Gasteiger charge is -1.95. The van der Waals surface area contributed by atoms with E-state index in [1.54, 1.807) is 6.07 Å². The molecule has 0 aliphatic carbocycles. The zero-order chi connectivity index (χ0) is 11.3. The maximum Gasteiger partial charge on any atom is 0.174 e. The van der Waals surface area contributed by atoms with Crippen molar-refractivity contribution in [3.63, 3.8) is 0 Å². The average molecular weight is 201 g/mol. The zero-order valence-electron chi connectivity index (χ0n) is 7.64. The monoisotopic (exact) mass is 201 g/mol. The van der Waals surface area contributed by atoms with Crippen LogP contribution >= 0.6 is 0 Å². The number of carbonyl (C=O) groups excluding carboxylic acids is 1. The first-order chi connectivity index (χ1) is 7.17. The third-order valence-corrected chi connectivity index (χ3v) is 1.51. The molecule has 0 unspecified atom stereocenters. The average Bonchev–Trinajstić information content (AvgIpc) is 2.29. The fraction of sp³-hybridized carbons (Fsp3) is 0. The van der Waals surface area contributed by atoms with Crippen LogP contribution in [0.5, 0.6) is 0 Å². The number of hydrogen-bond donors (Lipinski definition) is 2. The molecule has 0 amide bonds. The van der Waals surface area contributed by atoms with Crippen molar-refractivity contribution in [2.24, 2.45) is 10.7 Å². The number of aromatic nitrogens is 1. The number of nitrogens with zero attached hydrogens (tertiary/aromatic N) is 3. The van der Waals surface area contributed by atoms with Crippen molar-refractivity contribution in [1.29, 1.82) is 10.7 Å². The number of aliphatic imine (C=N–C) groups is 1. The lowest BCUT2D eigenvalue weighted by Crippen LogP contribution is -2.21. The molecule has 0 aliphatic rings. The third kappa shape index (κ3) is 2.70. The molecule has 0 saturated carbocycles. The van der Waals surface area contributed by atoms with Crippen LogP contribution in [0.4, 0.5) is 5.82 Å². The van der Waals surface area contributed by atoms with Crippen LogP contribution in [0.25, 0.3) is 0 Å². The molecule has 6 heteroatoms. The summed E-state index contributed by atoms with van der Waals surface area (Å²) in [6.07, 6.45) is 1.98. The molecule has 0 bridgehead atoms. The van der Waals surface area contributed by atoms with Crippen molar-refractivity contribution in [2.75, 3.05) is 0 Å². The number of nitrogens with two attached hydrogens (primary N) is 1. The summed E-state index contributed by atoms with van der Waals surface area (Å²) in [4.78, 5) is 17.8. The number of nitriles is 1. The summed E-state index contributed by atoms with van der Waals surface area (Å²) in [6, 6.07) is 4.54. The molecule has 1 rings (SSSR count). The van der Waals surface area contributed by atoms with Gasteiger partial charge in [-0.15, -0.1) is 0 Å². The fourth-order valence-corrected chi connectivity index (χ4v) is 0.770. The van der Waals surface area contributed by atoms with Crippen LogP contribution in [0, 0.1) is 16.7 Å². The van der Waals surface area contributed by atoms with Crippen LogP contribution in [-0.4, -0.2) is 22.8 Å². The van der Waals surface area contributed by atoms with Crippen LogP contribution in [0.3, 0.4) is 0 Å². The predicted octanol–water partition coefficient (Wildman–Crippen LogP) is 0.426. The number of rotatable bonds is 3. The highest BCUT2D eigenvalue weighted by Crippen LogP contribution is 2.07. The first-order valence-corrected chi connectivity index (χ1v) is 3.92. The van der Waals surface area contributed by atoms with Crippen molar-refractivity contribution < 1.29 is 4.79 Å². The summed E-state index contributed by atoms with van der Waals surface area (Å²) < 4.78 is 0. The van der Waals surface area contributed by atoms with E-state index in [1.807, 2.05) is 0 Å². The predicted molar refractivity (Wildman–Crippen MR) is 54.2 cm³/mol. The van der Waals surface area contributed by atoms with Crippen molar-refractivity contribution >= 4 is 23.7 Å². The smallest absolute Gasteiger partial charge is 0.174 e. The Bertz CT molecular complexity index is 454. The fourth-order valence-electron chi connectivity index (χ4n) is 0.770. The molecule has 1 aromatic rings. The first kappa shape index (κ1) is 10.5. The van der Waals surface area contributed by atoms with Crippen molar-refractivity contribution in [2.45, 2.75) is 0 Å². The second-order valence-electron chi connectivity index (χ2n) is 2.55. The lowest BCUT2D eigenvalue weighted by molar-refractivity contribution is 0.112. The first-order valence-electron chi connectivity index (χ1n) is 3.92. The van der Waals surface area contributed by atoms with Gasteiger partial charge in [-0.2, -0.15) is 5.26 Å². The van der Waals surface area contributed by atoms with Gasteiger partial charge in [0, 0.05) is 11.8 Å². The van der Waals surface area contributed by atoms with Crippen LogP contribution in [0.15, 0.2) is 23.3 Å². The van der Waals surface area contributed by atoms with Gasteiger partial charge in [-0.3, -0.25) is 10.2 Å². The largest absolute Gasteiger partial charge is 0.381 e. The van der Waals surface area contributed by atoms with Gasteiger partial charge in [-0.1, -0.05) is 0 Å². The quantitative estimate of drug-likeness (QED) is 0.418. The molecule has 1 aromatic heterocycles. The van der Waals surface area contributed by atoms with E-state index >= 15 is 0 Å². The minimum absolute atomic E-state index is 0.205. The van der Waals surface area contributed by atoms with E-state index in [0.717, 1.165) is 0 Å². The molecule has 0 fully saturated rings. The van der Waals surface area contributed by atoms with Crippen molar-refractivity contribution in [3.05, 3.63) is 23.9 Å². The Labute approximate surface area is 85.6 Å². The van der Waals surface area contributed by atoms with E-state index in [9.17, 15) is 4.79 Å². The summed E-state index contributed by atoms with van der Waals surface area (Å²) in [6.45, 7) is 0. The number of amidine groups is 1. The topological polar surface area (TPSA) is 116 Å². The van der Waals surface area contributed by atoms with Crippen LogP contribution in [0.1, 0.15) is 10.4 Å². The molecular weight excluding hydrogens is 194 g/mol. The minimum atomic E-state index is -0.420. The maximum absolute atomic E-state index is 10.3. The molecule has 0 radical (unpaired) electrons. The second kappa shape index (κ2) is 4.62. The molecular formula is C9H7N5O. The Morgan fingerprint density at radius 3 is 2.87 bits per heavy atom. The van der Waals surface area contributed by atoms with Gasteiger partial charge in [-0.25, -0.2) is 9.98 Å². The highest BCUT2D eigenvalue weighted by molar-refractivity contribution is 6.45. The summed E-state index contributed by atoms with van der Waals surface area (Å²) in [5.74, 6) is 0.0435. The summed E-state index contributed by atoms with van der Waals surface area (Å²) in [7, 11) is 0. The zero-order valence-corrected chi connectivity index (χ0v) is 7.64. The molecule has 0 saturated heterocycles. The molecule has 0 atom stereocenters. The third-order valence-electron chi connectivity index (χ3n) is 1.51. The standard InChI is InChI=1S/C9H7N5O/c10-3-7(11)9(12)14-8-2-1-6(5-15)4-13-8/h1-2,4-5,11H,(H2,12,13,14). The molecule has 0 spiro atoms. The van der Waals surface area contributed by atoms with E-state index < -0.39 is 5.71 Å². The summed E-state index contributed by atoms with van der Waals surface area (Å²) in [5, 5.41) is 15.4. The van der Waals surface area contributed by atoms with E-state index in [1.165, 1.54) is 18.3 Å². The van der Waals surface area contributed by atoms with E-state index in [4.69, 9.17) is 16.4 Å².